The standard InChI is InChI=1S/C13H24N2OS/c1-8(2)11(12(14)17)13(16)15-7-5-6-9(3)10(15)4/h8-11H,5-7H2,1-4H3,(H2,14,17). The molecule has 1 saturated heterocycles. The normalized spacial score (nSPS) is 27.0. The molecule has 1 heterocycles. The van der Waals surface area contributed by atoms with E-state index in [1.54, 1.807) is 0 Å². The number of nitrogens with zero attached hydrogens (tertiary/aromatic N) is 1. The van der Waals surface area contributed by atoms with Gasteiger partial charge in [-0.25, -0.2) is 0 Å². The summed E-state index contributed by atoms with van der Waals surface area (Å²) in [5, 5.41) is 0. The number of rotatable bonds is 3. The van der Waals surface area contributed by atoms with Crippen molar-refractivity contribution in [1.82, 2.24) is 4.90 Å². The van der Waals surface area contributed by atoms with E-state index < -0.39 is 0 Å². The number of likely N-dealkylation sites (tertiary alicyclic amines) is 1. The van der Waals surface area contributed by atoms with Gasteiger partial charge < -0.3 is 10.6 Å². The largest absolute Gasteiger partial charge is 0.393 e. The fourth-order valence-corrected chi connectivity index (χ4v) is 2.93. The average molecular weight is 256 g/mol. The van der Waals surface area contributed by atoms with E-state index in [1.807, 2.05) is 18.7 Å². The molecule has 1 aliphatic rings. The van der Waals surface area contributed by atoms with Gasteiger partial charge in [-0.05, 0) is 31.6 Å². The number of carbonyl (C=O) groups is 1. The minimum Gasteiger partial charge on any atom is -0.393 e. The van der Waals surface area contributed by atoms with Crippen LogP contribution in [-0.2, 0) is 4.79 Å². The molecule has 4 heteroatoms. The molecule has 0 aliphatic carbocycles. The van der Waals surface area contributed by atoms with Crippen LogP contribution in [0.2, 0.25) is 0 Å². The van der Waals surface area contributed by atoms with Crippen molar-refractivity contribution in [3.8, 4) is 0 Å². The number of hydrogen-bond donors (Lipinski definition) is 1. The van der Waals surface area contributed by atoms with Crippen molar-refractivity contribution in [2.75, 3.05) is 6.54 Å². The third-order valence-electron chi connectivity index (χ3n) is 3.90. The van der Waals surface area contributed by atoms with Crippen LogP contribution in [0.15, 0.2) is 0 Å². The second-order valence-electron chi connectivity index (χ2n) is 5.52. The van der Waals surface area contributed by atoms with Gasteiger partial charge in [-0.1, -0.05) is 33.0 Å². The smallest absolute Gasteiger partial charge is 0.233 e. The molecular formula is C13H24N2OS. The fraction of sp³-hybridized carbons (Fsp3) is 0.846. The van der Waals surface area contributed by atoms with Gasteiger partial charge in [0.25, 0.3) is 0 Å². The van der Waals surface area contributed by atoms with Crippen LogP contribution in [0.3, 0.4) is 0 Å². The molecule has 3 atom stereocenters. The van der Waals surface area contributed by atoms with Crippen molar-refractivity contribution in [2.24, 2.45) is 23.5 Å². The Hall–Kier alpha value is -0.640. The highest BCUT2D eigenvalue weighted by Crippen LogP contribution is 2.26. The van der Waals surface area contributed by atoms with Gasteiger partial charge in [-0.3, -0.25) is 4.79 Å². The van der Waals surface area contributed by atoms with Gasteiger partial charge in [0.1, 0.15) is 0 Å². The lowest BCUT2D eigenvalue weighted by Crippen LogP contribution is -2.51. The highest BCUT2D eigenvalue weighted by molar-refractivity contribution is 7.80. The van der Waals surface area contributed by atoms with Crippen molar-refractivity contribution in [3.05, 3.63) is 0 Å². The Kier molecular flexibility index (Phi) is 4.92. The summed E-state index contributed by atoms with van der Waals surface area (Å²) in [4.78, 5) is 14.8. The number of nitrogens with two attached hydrogens (primary N) is 1. The van der Waals surface area contributed by atoms with Crippen LogP contribution in [0, 0.1) is 17.8 Å². The van der Waals surface area contributed by atoms with E-state index in [4.69, 9.17) is 18.0 Å². The Labute approximate surface area is 110 Å². The van der Waals surface area contributed by atoms with Gasteiger partial charge in [0.15, 0.2) is 0 Å². The zero-order valence-electron chi connectivity index (χ0n) is 11.3. The molecule has 3 nitrogen and oxygen atoms in total. The van der Waals surface area contributed by atoms with E-state index in [9.17, 15) is 4.79 Å². The van der Waals surface area contributed by atoms with Crippen LogP contribution < -0.4 is 5.73 Å². The molecule has 0 spiro atoms. The second kappa shape index (κ2) is 5.80. The summed E-state index contributed by atoms with van der Waals surface area (Å²) in [6, 6.07) is 0.298. The first-order chi connectivity index (χ1) is 7.86. The Bertz CT molecular complexity index is 304. The lowest BCUT2D eigenvalue weighted by Gasteiger charge is -2.40. The first-order valence-electron chi connectivity index (χ1n) is 6.46. The monoisotopic (exact) mass is 256 g/mol. The molecular weight excluding hydrogens is 232 g/mol. The molecule has 0 aromatic carbocycles. The zero-order chi connectivity index (χ0) is 13.2. The highest BCUT2D eigenvalue weighted by atomic mass is 32.1. The molecule has 1 fully saturated rings. The summed E-state index contributed by atoms with van der Waals surface area (Å²) < 4.78 is 0. The summed E-state index contributed by atoms with van der Waals surface area (Å²) in [6.07, 6.45) is 2.28. The van der Waals surface area contributed by atoms with Gasteiger partial charge in [0, 0.05) is 12.6 Å². The van der Waals surface area contributed by atoms with Crippen molar-refractivity contribution in [3.63, 3.8) is 0 Å². The van der Waals surface area contributed by atoms with Gasteiger partial charge in [-0.2, -0.15) is 0 Å². The van der Waals surface area contributed by atoms with Crippen LogP contribution in [-0.4, -0.2) is 28.4 Å². The van der Waals surface area contributed by atoms with Gasteiger partial charge in [0.05, 0.1) is 10.9 Å². The summed E-state index contributed by atoms with van der Waals surface area (Å²) in [5.74, 6) is 0.542. The zero-order valence-corrected chi connectivity index (χ0v) is 12.1. The Balaban J connectivity index is 2.83. The molecule has 0 aromatic heterocycles. The van der Waals surface area contributed by atoms with Crippen LogP contribution >= 0.6 is 12.2 Å². The quantitative estimate of drug-likeness (QED) is 0.787. The van der Waals surface area contributed by atoms with E-state index >= 15 is 0 Å². The lowest BCUT2D eigenvalue weighted by atomic mass is 9.88. The first kappa shape index (κ1) is 14.4. The van der Waals surface area contributed by atoms with E-state index in [2.05, 4.69) is 13.8 Å². The Morgan fingerprint density at radius 1 is 1.41 bits per heavy atom. The third kappa shape index (κ3) is 3.18. The molecule has 3 unspecified atom stereocenters. The topological polar surface area (TPSA) is 46.3 Å². The molecule has 0 saturated carbocycles. The first-order valence-corrected chi connectivity index (χ1v) is 6.86. The van der Waals surface area contributed by atoms with E-state index in [0.29, 0.717) is 16.9 Å². The second-order valence-corrected chi connectivity index (χ2v) is 5.99. The van der Waals surface area contributed by atoms with Crippen molar-refractivity contribution in [2.45, 2.75) is 46.6 Å². The SMILES string of the molecule is CC(C)C(C(=O)N1CCCC(C)C1C)C(N)=S. The summed E-state index contributed by atoms with van der Waals surface area (Å²) in [5.41, 5.74) is 5.71. The number of hydrogen-bond acceptors (Lipinski definition) is 2. The molecule has 98 valence electrons. The maximum Gasteiger partial charge on any atom is 0.233 e. The maximum absolute atomic E-state index is 12.5. The molecule has 1 aliphatic heterocycles. The molecule has 0 aromatic rings. The molecule has 0 bridgehead atoms. The predicted octanol–water partition coefficient (Wildman–Crippen LogP) is 2.19. The summed E-state index contributed by atoms with van der Waals surface area (Å²) >= 11 is 5.04. The highest BCUT2D eigenvalue weighted by Gasteiger charge is 2.35. The van der Waals surface area contributed by atoms with Crippen molar-refractivity contribution in [1.29, 1.82) is 0 Å². The number of piperidine rings is 1. The van der Waals surface area contributed by atoms with Crippen molar-refractivity contribution >= 4 is 23.1 Å². The molecule has 1 rings (SSSR count). The predicted molar refractivity (Wildman–Crippen MR) is 74.7 cm³/mol. The maximum atomic E-state index is 12.5. The van der Waals surface area contributed by atoms with Crippen LogP contribution in [0.4, 0.5) is 0 Å². The Morgan fingerprint density at radius 2 is 2.00 bits per heavy atom. The molecule has 1 amide bonds. The van der Waals surface area contributed by atoms with E-state index in [1.165, 1.54) is 6.42 Å². The number of amides is 1. The van der Waals surface area contributed by atoms with Crippen LogP contribution in [0.5, 0.6) is 0 Å². The minimum absolute atomic E-state index is 0.117. The molecule has 2 N–H and O–H groups in total. The average Bonchev–Trinajstić information content (AvgIpc) is 2.20. The lowest BCUT2D eigenvalue weighted by molar-refractivity contribution is -0.139. The molecule has 17 heavy (non-hydrogen) atoms. The number of carbonyl (C=O) groups excluding carboxylic acids is 1. The van der Waals surface area contributed by atoms with E-state index in [0.717, 1.165) is 13.0 Å². The molecule has 0 radical (unpaired) electrons. The van der Waals surface area contributed by atoms with Crippen LogP contribution in [0.1, 0.15) is 40.5 Å². The van der Waals surface area contributed by atoms with E-state index in [-0.39, 0.29) is 17.7 Å². The summed E-state index contributed by atoms with van der Waals surface area (Å²) in [7, 11) is 0. The number of thiocarbonyl (C=S) groups is 1. The van der Waals surface area contributed by atoms with Gasteiger partial charge in [-0.15, -0.1) is 0 Å². The third-order valence-corrected chi connectivity index (χ3v) is 4.15. The van der Waals surface area contributed by atoms with Gasteiger partial charge >= 0.3 is 0 Å². The fourth-order valence-electron chi connectivity index (χ4n) is 2.56. The minimum atomic E-state index is -0.308. The van der Waals surface area contributed by atoms with Gasteiger partial charge in [0.2, 0.25) is 5.91 Å². The Morgan fingerprint density at radius 3 is 2.47 bits per heavy atom. The van der Waals surface area contributed by atoms with Crippen molar-refractivity contribution < 1.29 is 4.79 Å². The summed E-state index contributed by atoms with van der Waals surface area (Å²) in [6.45, 7) is 9.17. The van der Waals surface area contributed by atoms with Crippen LogP contribution in [0.25, 0.3) is 0 Å².